The largest absolute Gasteiger partial charge is 0.412 e. The van der Waals surface area contributed by atoms with Gasteiger partial charge in [-0.15, -0.1) is 0 Å². The Hall–Kier alpha value is 0.460. The van der Waals surface area contributed by atoms with E-state index < -0.39 is 3.79 Å². The summed E-state index contributed by atoms with van der Waals surface area (Å²) >= 11 is 15.8. The predicted molar refractivity (Wildman–Crippen MR) is 42.6 cm³/mol. The van der Waals surface area contributed by atoms with Crippen LogP contribution >= 0.6 is 34.8 Å². The molecule has 0 spiro atoms. The van der Waals surface area contributed by atoms with Crippen molar-refractivity contribution in [3.63, 3.8) is 0 Å². The number of nitrogens with two attached hydrogens (primary N) is 1. The Morgan fingerprint density at radius 1 is 1.40 bits per heavy atom. The van der Waals surface area contributed by atoms with Crippen molar-refractivity contribution in [1.29, 1.82) is 0 Å². The Kier molecular flexibility index (Phi) is 6.74. The molecule has 3 nitrogen and oxygen atoms in total. The van der Waals surface area contributed by atoms with Crippen molar-refractivity contribution in [1.82, 2.24) is 0 Å². The van der Waals surface area contributed by atoms with E-state index in [1.807, 2.05) is 0 Å². The Morgan fingerprint density at radius 2 is 1.80 bits per heavy atom. The fourth-order valence-electron chi connectivity index (χ4n) is 0.296. The van der Waals surface area contributed by atoms with Gasteiger partial charge in [0.15, 0.2) is 9.58 Å². The van der Waals surface area contributed by atoms with Crippen LogP contribution in [0, 0.1) is 0 Å². The summed E-state index contributed by atoms with van der Waals surface area (Å²) < 4.78 is -1.49. The summed E-state index contributed by atoms with van der Waals surface area (Å²) in [6, 6.07) is 0. The molecule has 0 amide bonds. The fraction of sp³-hybridized carbons (Fsp3) is 0.750. The third kappa shape index (κ3) is 8.46. The maximum absolute atomic E-state index is 10.4. The molecule has 0 aliphatic rings. The Morgan fingerprint density at radius 3 is 1.90 bits per heavy atom. The van der Waals surface area contributed by atoms with E-state index in [9.17, 15) is 4.79 Å². The molecule has 0 saturated heterocycles. The van der Waals surface area contributed by atoms with Crippen LogP contribution in [0.2, 0.25) is 0 Å². The standard InChI is InChI=1S/C4H6Cl3NO.H2O/c5-4(6,7)1-3(9)2-8;/h1-2,8H2;1H2. The number of carbonyl (C=O) groups is 1. The third-order valence-electron chi connectivity index (χ3n) is 0.625. The number of hydrogen-bond acceptors (Lipinski definition) is 2. The molecule has 0 fully saturated rings. The maximum atomic E-state index is 10.4. The quantitative estimate of drug-likeness (QED) is 0.669. The number of carbonyl (C=O) groups excluding carboxylic acids is 1. The van der Waals surface area contributed by atoms with E-state index in [-0.39, 0.29) is 24.2 Å². The second-order valence-electron chi connectivity index (χ2n) is 1.53. The minimum absolute atomic E-state index is 0. The van der Waals surface area contributed by atoms with Gasteiger partial charge in [0.1, 0.15) is 0 Å². The Bertz CT molecular complexity index is 112. The van der Waals surface area contributed by atoms with Crippen LogP contribution in [0.5, 0.6) is 0 Å². The number of hydrogen-bond donors (Lipinski definition) is 1. The lowest BCUT2D eigenvalue weighted by Gasteiger charge is -2.06. The van der Waals surface area contributed by atoms with Gasteiger partial charge in [0.25, 0.3) is 0 Å². The molecule has 0 aromatic heterocycles. The van der Waals surface area contributed by atoms with Crippen LogP contribution in [0.4, 0.5) is 0 Å². The highest BCUT2D eigenvalue weighted by molar-refractivity contribution is 6.68. The molecule has 0 aromatic rings. The van der Waals surface area contributed by atoms with Crippen LogP contribution in [0.3, 0.4) is 0 Å². The second-order valence-corrected chi connectivity index (χ2v) is 4.05. The molecule has 0 saturated carbocycles. The lowest BCUT2D eigenvalue weighted by molar-refractivity contribution is -0.117. The Labute approximate surface area is 73.7 Å². The smallest absolute Gasteiger partial charge is 0.197 e. The highest BCUT2D eigenvalue weighted by Crippen LogP contribution is 2.29. The summed E-state index contributed by atoms with van der Waals surface area (Å²) in [6.07, 6.45) is -0.117. The van der Waals surface area contributed by atoms with E-state index in [4.69, 9.17) is 40.5 Å². The zero-order valence-electron chi connectivity index (χ0n) is 5.03. The van der Waals surface area contributed by atoms with Crippen molar-refractivity contribution in [2.45, 2.75) is 10.2 Å². The molecule has 62 valence electrons. The van der Waals surface area contributed by atoms with E-state index in [0.29, 0.717) is 0 Å². The molecular weight excluding hydrogens is 200 g/mol. The third-order valence-corrected chi connectivity index (χ3v) is 1.03. The highest BCUT2D eigenvalue weighted by atomic mass is 35.6. The van der Waals surface area contributed by atoms with Gasteiger partial charge in [-0.25, -0.2) is 0 Å². The van der Waals surface area contributed by atoms with Gasteiger partial charge in [-0.3, -0.25) is 4.79 Å². The van der Waals surface area contributed by atoms with Crippen LogP contribution < -0.4 is 5.73 Å². The lowest BCUT2D eigenvalue weighted by Crippen LogP contribution is -2.19. The van der Waals surface area contributed by atoms with E-state index in [1.165, 1.54) is 0 Å². The topological polar surface area (TPSA) is 74.6 Å². The molecular formula is C4H8Cl3NO2. The van der Waals surface area contributed by atoms with Crippen LogP contribution in [0.25, 0.3) is 0 Å². The van der Waals surface area contributed by atoms with E-state index in [1.54, 1.807) is 0 Å². The lowest BCUT2D eigenvalue weighted by atomic mass is 10.3. The fourth-order valence-corrected chi connectivity index (χ4v) is 0.743. The summed E-state index contributed by atoms with van der Waals surface area (Å²) in [6.45, 7) is -0.0755. The average molecular weight is 208 g/mol. The van der Waals surface area contributed by atoms with Crippen molar-refractivity contribution in [3.8, 4) is 0 Å². The first kappa shape index (κ1) is 13.1. The molecule has 0 rings (SSSR count). The van der Waals surface area contributed by atoms with Crippen LogP contribution in [-0.2, 0) is 4.79 Å². The minimum atomic E-state index is -1.49. The van der Waals surface area contributed by atoms with Crippen molar-refractivity contribution >= 4 is 40.6 Å². The summed E-state index contributed by atoms with van der Waals surface area (Å²) in [5.41, 5.74) is 4.95. The van der Waals surface area contributed by atoms with Crippen molar-refractivity contribution in [2.24, 2.45) is 5.73 Å². The summed E-state index contributed by atoms with van der Waals surface area (Å²) in [7, 11) is 0. The van der Waals surface area contributed by atoms with Crippen molar-refractivity contribution < 1.29 is 10.3 Å². The number of rotatable bonds is 2. The first-order chi connectivity index (χ1) is 3.95. The zero-order chi connectivity index (χ0) is 7.49. The number of halogens is 3. The van der Waals surface area contributed by atoms with Gasteiger partial charge in [-0.05, 0) is 0 Å². The molecule has 0 heterocycles. The van der Waals surface area contributed by atoms with Crippen LogP contribution in [-0.4, -0.2) is 21.6 Å². The number of alkyl halides is 3. The van der Waals surface area contributed by atoms with Gasteiger partial charge >= 0.3 is 0 Å². The van der Waals surface area contributed by atoms with E-state index >= 15 is 0 Å². The molecule has 10 heavy (non-hydrogen) atoms. The molecule has 0 atom stereocenters. The predicted octanol–water partition coefficient (Wildman–Crippen LogP) is 0.450. The Balaban J connectivity index is 0. The summed E-state index contributed by atoms with van der Waals surface area (Å²) in [5, 5.41) is 0. The highest BCUT2D eigenvalue weighted by Gasteiger charge is 2.22. The van der Waals surface area contributed by atoms with Crippen molar-refractivity contribution in [2.75, 3.05) is 6.54 Å². The number of Topliss-reactive ketones (excluding diaryl/α,β-unsaturated/α-hetero) is 1. The van der Waals surface area contributed by atoms with E-state index in [2.05, 4.69) is 0 Å². The molecule has 0 bridgehead atoms. The van der Waals surface area contributed by atoms with Gasteiger partial charge in [-0.1, -0.05) is 34.8 Å². The maximum Gasteiger partial charge on any atom is 0.197 e. The normalized spacial score (nSPS) is 10.4. The van der Waals surface area contributed by atoms with E-state index in [0.717, 1.165) is 0 Å². The first-order valence-corrected chi connectivity index (χ1v) is 3.37. The molecule has 0 aliphatic heterocycles. The summed E-state index contributed by atoms with van der Waals surface area (Å²) in [4.78, 5) is 10.4. The molecule has 0 aromatic carbocycles. The second kappa shape index (κ2) is 5.16. The molecule has 4 N–H and O–H groups in total. The van der Waals surface area contributed by atoms with Gasteiger partial charge in [0, 0.05) is 0 Å². The molecule has 0 unspecified atom stereocenters. The van der Waals surface area contributed by atoms with Crippen LogP contribution in [0.1, 0.15) is 6.42 Å². The zero-order valence-corrected chi connectivity index (χ0v) is 7.30. The molecule has 0 aliphatic carbocycles. The van der Waals surface area contributed by atoms with Crippen molar-refractivity contribution in [3.05, 3.63) is 0 Å². The molecule has 0 radical (unpaired) electrons. The minimum Gasteiger partial charge on any atom is -0.412 e. The van der Waals surface area contributed by atoms with Gasteiger partial charge in [-0.2, -0.15) is 0 Å². The van der Waals surface area contributed by atoms with Crippen LogP contribution in [0.15, 0.2) is 0 Å². The average Bonchev–Trinajstić information content (AvgIpc) is 1.62. The first-order valence-electron chi connectivity index (χ1n) is 2.24. The SMILES string of the molecule is NCC(=O)CC(Cl)(Cl)Cl.O. The monoisotopic (exact) mass is 207 g/mol. The van der Waals surface area contributed by atoms with Gasteiger partial charge < -0.3 is 11.2 Å². The van der Waals surface area contributed by atoms with Gasteiger partial charge in [0.05, 0.1) is 13.0 Å². The molecule has 6 heteroatoms. The number of ketones is 1. The van der Waals surface area contributed by atoms with Gasteiger partial charge in [0.2, 0.25) is 0 Å². The summed E-state index contributed by atoms with van der Waals surface area (Å²) in [5.74, 6) is -0.255.